The lowest BCUT2D eigenvalue weighted by Gasteiger charge is -2.18. The van der Waals surface area contributed by atoms with Crippen molar-refractivity contribution in [2.75, 3.05) is 20.3 Å². The van der Waals surface area contributed by atoms with Gasteiger partial charge in [0.05, 0.1) is 13.7 Å². The fourth-order valence-corrected chi connectivity index (χ4v) is 1.33. The number of halogens is 2. The first-order valence-corrected chi connectivity index (χ1v) is 5.95. The molecule has 0 aliphatic carbocycles. The van der Waals surface area contributed by atoms with Crippen molar-refractivity contribution >= 4 is 5.91 Å². The molecule has 0 aliphatic heterocycles. The number of ether oxygens (including phenoxy) is 2. The Hall–Kier alpha value is -1.89. The molecular weight excluding hydrogens is 272 g/mol. The molecule has 1 atom stereocenters. The minimum Gasteiger partial charge on any atom is -0.497 e. The Kier molecular flexibility index (Phi) is 5.69. The van der Waals surface area contributed by atoms with E-state index >= 15 is 0 Å². The van der Waals surface area contributed by atoms with Gasteiger partial charge in [0.1, 0.15) is 18.1 Å². The summed E-state index contributed by atoms with van der Waals surface area (Å²) in [7, 11) is 1.52. The molecule has 112 valence electrons. The first-order valence-electron chi connectivity index (χ1n) is 5.95. The van der Waals surface area contributed by atoms with Crippen LogP contribution in [0.15, 0.2) is 24.3 Å². The Labute approximate surface area is 115 Å². The predicted octanol–water partition coefficient (Wildman–Crippen LogP) is 1.21. The summed E-state index contributed by atoms with van der Waals surface area (Å²) in [4.78, 5) is 11.6. The van der Waals surface area contributed by atoms with E-state index in [2.05, 4.69) is 0 Å². The predicted molar refractivity (Wildman–Crippen MR) is 68.1 cm³/mol. The van der Waals surface area contributed by atoms with E-state index in [9.17, 15) is 13.6 Å². The summed E-state index contributed by atoms with van der Waals surface area (Å²) < 4.78 is 35.8. The molecule has 20 heavy (non-hydrogen) atoms. The van der Waals surface area contributed by atoms with Crippen LogP contribution >= 0.6 is 0 Å². The van der Waals surface area contributed by atoms with Crippen LogP contribution in [0.2, 0.25) is 0 Å². The van der Waals surface area contributed by atoms with Crippen LogP contribution in [-0.4, -0.2) is 43.3 Å². The second-order valence-electron chi connectivity index (χ2n) is 4.17. The number of carbonyl (C=O) groups excluding carboxylic acids is 1. The van der Waals surface area contributed by atoms with Crippen molar-refractivity contribution in [3.05, 3.63) is 24.3 Å². The molecule has 0 saturated carbocycles. The van der Waals surface area contributed by atoms with Crippen molar-refractivity contribution < 1.29 is 28.2 Å². The maximum atomic E-state index is 12.8. The molecule has 1 aromatic rings. The molecule has 0 saturated heterocycles. The molecule has 5 nitrogen and oxygen atoms in total. The Morgan fingerprint density at radius 2 is 1.90 bits per heavy atom. The maximum Gasteiger partial charge on any atom is 0.287 e. The Balaban J connectivity index is 2.48. The smallest absolute Gasteiger partial charge is 0.287 e. The van der Waals surface area contributed by atoms with E-state index in [1.807, 2.05) is 5.32 Å². The normalized spacial score (nSPS) is 12.7. The van der Waals surface area contributed by atoms with Crippen LogP contribution in [0.4, 0.5) is 8.78 Å². The van der Waals surface area contributed by atoms with Gasteiger partial charge in [0, 0.05) is 0 Å². The van der Waals surface area contributed by atoms with Gasteiger partial charge in [0.15, 0.2) is 6.10 Å². The van der Waals surface area contributed by atoms with E-state index in [-0.39, 0.29) is 0 Å². The molecule has 0 radical (unpaired) electrons. The van der Waals surface area contributed by atoms with Crippen molar-refractivity contribution in [1.82, 2.24) is 5.32 Å². The van der Waals surface area contributed by atoms with Crippen LogP contribution in [0.25, 0.3) is 0 Å². The summed E-state index contributed by atoms with van der Waals surface area (Å²) in [6.45, 7) is -0.809. The summed E-state index contributed by atoms with van der Waals surface area (Å²) in [5.74, 6) is -2.97. The quantitative estimate of drug-likeness (QED) is 0.791. The zero-order valence-electron chi connectivity index (χ0n) is 11.2. The molecule has 0 spiro atoms. The average Bonchev–Trinajstić information content (AvgIpc) is 2.45. The lowest BCUT2D eigenvalue weighted by atomic mass is 10.3. The fraction of sp³-hybridized carbons (Fsp3) is 0.462. The van der Waals surface area contributed by atoms with Gasteiger partial charge in [0.2, 0.25) is 0 Å². The Bertz CT molecular complexity index is 437. The molecule has 7 heteroatoms. The van der Waals surface area contributed by atoms with Crippen LogP contribution in [0.5, 0.6) is 11.5 Å². The average molecular weight is 289 g/mol. The summed E-state index contributed by atoms with van der Waals surface area (Å²) in [6.07, 6.45) is -0.933. The number of alkyl halides is 2. The summed E-state index contributed by atoms with van der Waals surface area (Å²) in [6, 6.07) is 6.51. The topological polar surface area (TPSA) is 67.8 Å². The van der Waals surface area contributed by atoms with Crippen LogP contribution in [0.1, 0.15) is 6.92 Å². The first kappa shape index (κ1) is 16.2. The van der Waals surface area contributed by atoms with E-state index in [1.54, 1.807) is 24.3 Å². The highest BCUT2D eigenvalue weighted by Crippen LogP contribution is 2.18. The standard InChI is InChI=1S/C13H17F2NO4/c1-9(12(18)16-7-13(14,15)8-17)20-11-5-3-10(19-2)4-6-11/h3-6,9,17H,7-8H2,1-2H3,(H,16,18). The highest BCUT2D eigenvalue weighted by Gasteiger charge is 2.29. The number of aliphatic hydroxyl groups excluding tert-OH is 1. The minimum atomic E-state index is -3.34. The van der Waals surface area contributed by atoms with Gasteiger partial charge < -0.3 is 19.9 Å². The van der Waals surface area contributed by atoms with Gasteiger partial charge in [-0.2, -0.15) is 0 Å². The number of aliphatic hydroxyl groups is 1. The zero-order chi connectivity index (χ0) is 15.2. The van der Waals surface area contributed by atoms with Crippen LogP contribution < -0.4 is 14.8 Å². The van der Waals surface area contributed by atoms with Gasteiger partial charge in [-0.1, -0.05) is 0 Å². The van der Waals surface area contributed by atoms with Crippen LogP contribution in [-0.2, 0) is 4.79 Å². The molecule has 0 aliphatic rings. The van der Waals surface area contributed by atoms with E-state index in [4.69, 9.17) is 14.6 Å². The van der Waals surface area contributed by atoms with E-state index in [1.165, 1.54) is 14.0 Å². The number of hydrogen-bond donors (Lipinski definition) is 2. The number of hydrogen-bond acceptors (Lipinski definition) is 4. The first-order chi connectivity index (χ1) is 9.38. The van der Waals surface area contributed by atoms with Crippen molar-refractivity contribution in [2.45, 2.75) is 19.0 Å². The van der Waals surface area contributed by atoms with Gasteiger partial charge in [-0.3, -0.25) is 4.79 Å². The SMILES string of the molecule is COc1ccc(OC(C)C(=O)NCC(F)(F)CO)cc1. The maximum absolute atomic E-state index is 12.8. The zero-order valence-corrected chi connectivity index (χ0v) is 11.2. The molecule has 1 unspecified atom stereocenters. The second kappa shape index (κ2) is 7.04. The van der Waals surface area contributed by atoms with E-state index < -0.39 is 31.1 Å². The van der Waals surface area contributed by atoms with Crippen molar-refractivity contribution in [3.8, 4) is 11.5 Å². The third-order valence-electron chi connectivity index (χ3n) is 2.49. The molecule has 2 N–H and O–H groups in total. The molecule has 0 aromatic heterocycles. The lowest BCUT2D eigenvalue weighted by Crippen LogP contribution is -2.44. The summed E-state index contributed by atoms with van der Waals surface area (Å²) in [5.41, 5.74) is 0. The number of amides is 1. The molecule has 0 heterocycles. The number of benzene rings is 1. The van der Waals surface area contributed by atoms with Crippen LogP contribution in [0, 0.1) is 0 Å². The number of nitrogens with one attached hydrogen (secondary N) is 1. The lowest BCUT2D eigenvalue weighted by molar-refractivity contribution is -0.130. The Morgan fingerprint density at radius 1 is 1.35 bits per heavy atom. The van der Waals surface area contributed by atoms with Crippen molar-refractivity contribution in [3.63, 3.8) is 0 Å². The van der Waals surface area contributed by atoms with E-state index in [0.717, 1.165) is 0 Å². The number of methoxy groups -OCH3 is 1. The molecule has 1 amide bonds. The number of carbonyl (C=O) groups is 1. The van der Waals surface area contributed by atoms with Gasteiger partial charge >= 0.3 is 0 Å². The monoisotopic (exact) mass is 289 g/mol. The van der Waals surface area contributed by atoms with Crippen molar-refractivity contribution in [1.29, 1.82) is 0 Å². The number of rotatable bonds is 7. The van der Waals surface area contributed by atoms with Crippen LogP contribution in [0.3, 0.4) is 0 Å². The highest BCUT2D eigenvalue weighted by molar-refractivity contribution is 5.80. The second-order valence-corrected chi connectivity index (χ2v) is 4.17. The minimum absolute atomic E-state index is 0.419. The van der Waals surface area contributed by atoms with E-state index in [0.29, 0.717) is 11.5 Å². The molecule has 1 rings (SSSR count). The Morgan fingerprint density at radius 3 is 2.40 bits per heavy atom. The third-order valence-corrected chi connectivity index (χ3v) is 2.49. The third kappa shape index (κ3) is 5.00. The van der Waals surface area contributed by atoms with Gasteiger partial charge in [0.25, 0.3) is 11.8 Å². The van der Waals surface area contributed by atoms with Gasteiger partial charge in [-0.15, -0.1) is 0 Å². The molecule has 0 fully saturated rings. The van der Waals surface area contributed by atoms with Gasteiger partial charge in [-0.05, 0) is 31.2 Å². The molecule has 0 bridgehead atoms. The molecule has 1 aromatic carbocycles. The highest BCUT2D eigenvalue weighted by atomic mass is 19.3. The fourth-order valence-electron chi connectivity index (χ4n) is 1.33. The largest absolute Gasteiger partial charge is 0.497 e. The summed E-state index contributed by atoms with van der Waals surface area (Å²) in [5, 5.41) is 10.4. The molecular formula is C13H17F2NO4. The van der Waals surface area contributed by atoms with Gasteiger partial charge in [-0.25, -0.2) is 8.78 Å². The van der Waals surface area contributed by atoms with Crippen molar-refractivity contribution in [2.24, 2.45) is 0 Å². The summed E-state index contributed by atoms with van der Waals surface area (Å²) >= 11 is 0.